The second kappa shape index (κ2) is 13.5. The van der Waals surface area contributed by atoms with Gasteiger partial charge in [-0.3, -0.25) is 9.59 Å². The Hall–Kier alpha value is -3.07. The molecule has 2 amide bonds. The van der Waals surface area contributed by atoms with Crippen molar-refractivity contribution in [3.63, 3.8) is 0 Å². The molecule has 1 atom stereocenters. The summed E-state index contributed by atoms with van der Waals surface area (Å²) in [4.78, 5) is 28.2. The number of hydrogen-bond acceptors (Lipinski definition) is 6. The van der Waals surface area contributed by atoms with Gasteiger partial charge in [0.05, 0.1) is 0 Å². The normalized spacial score (nSPS) is 12.2. The van der Waals surface area contributed by atoms with Crippen LogP contribution in [0.5, 0.6) is 5.75 Å². The average Bonchev–Trinajstić information content (AvgIpc) is 2.83. The first-order chi connectivity index (χ1) is 17.4. The first-order valence-electron chi connectivity index (χ1n) is 12.9. The minimum atomic E-state index is -4.17. The van der Waals surface area contributed by atoms with Crippen LogP contribution in [-0.2, 0) is 26.3 Å². The molecule has 0 saturated heterocycles. The fraction of sp³-hybridized carbons (Fsp3) is 0.500. The Morgan fingerprint density at radius 2 is 1.59 bits per heavy atom. The molecule has 0 unspecified atom stereocenters. The lowest BCUT2D eigenvalue weighted by Crippen LogP contribution is -2.38. The molecule has 8 nitrogen and oxygen atoms in total. The molecule has 0 fully saturated rings. The van der Waals surface area contributed by atoms with Crippen molar-refractivity contribution in [3.8, 4) is 5.75 Å². The van der Waals surface area contributed by atoms with Gasteiger partial charge in [0.1, 0.15) is 10.6 Å². The third-order valence-corrected chi connectivity index (χ3v) is 7.46. The van der Waals surface area contributed by atoms with Crippen molar-refractivity contribution in [2.24, 2.45) is 5.92 Å². The first kappa shape index (κ1) is 30.2. The van der Waals surface area contributed by atoms with E-state index in [1.54, 1.807) is 11.0 Å². The smallest absolute Gasteiger partial charge is 0.339 e. The summed E-state index contributed by atoms with van der Waals surface area (Å²) in [6.07, 6.45) is 1.19. The van der Waals surface area contributed by atoms with Crippen molar-refractivity contribution in [1.29, 1.82) is 0 Å². The second-order valence-electron chi connectivity index (χ2n) is 9.58. The van der Waals surface area contributed by atoms with Crippen LogP contribution < -0.4 is 14.4 Å². The highest BCUT2D eigenvalue weighted by atomic mass is 32.2. The van der Waals surface area contributed by atoms with Crippen molar-refractivity contribution < 1.29 is 22.2 Å². The van der Waals surface area contributed by atoms with Crippen molar-refractivity contribution in [1.82, 2.24) is 4.90 Å². The highest BCUT2D eigenvalue weighted by Gasteiger charge is 2.25. The summed E-state index contributed by atoms with van der Waals surface area (Å²) in [5, 5.41) is 2.62. The van der Waals surface area contributed by atoms with Crippen LogP contribution in [-0.4, -0.2) is 44.3 Å². The molecular weight excluding hydrogens is 490 g/mol. The summed E-state index contributed by atoms with van der Waals surface area (Å²) in [6, 6.07) is 11.3. The minimum Gasteiger partial charge on any atom is -0.379 e. The van der Waals surface area contributed by atoms with Crippen LogP contribution >= 0.6 is 0 Å². The molecule has 0 bridgehead atoms. The Morgan fingerprint density at radius 1 is 0.973 bits per heavy atom. The molecule has 0 spiro atoms. The molecule has 9 heteroatoms. The van der Waals surface area contributed by atoms with Gasteiger partial charge in [0.2, 0.25) is 11.8 Å². The molecule has 0 aliphatic rings. The monoisotopic (exact) mass is 531 g/mol. The topological polar surface area (TPSA) is 96.0 Å². The van der Waals surface area contributed by atoms with Crippen LogP contribution in [0.1, 0.15) is 66.9 Å². The third kappa shape index (κ3) is 8.49. The minimum absolute atomic E-state index is 0.0144. The number of benzene rings is 2. The van der Waals surface area contributed by atoms with E-state index < -0.39 is 10.1 Å². The Balaban J connectivity index is 2.49. The lowest BCUT2D eigenvalue weighted by molar-refractivity contribution is -0.134. The van der Waals surface area contributed by atoms with E-state index in [1.807, 2.05) is 53.7 Å². The molecule has 0 aromatic heterocycles. The number of hydrogen-bond donors (Lipinski definition) is 1. The molecule has 0 aliphatic carbocycles. The first-order valence-corrected chi connectivity index (χ1v) is 14.3. The second-order valence-corrected chi connectivity index (χ2v) is 11.1. The van der Waals surface area contributed by atoms with Crippen LogP contribution in [0.15, 0.2) is 47.4 Å². The molecule has 0 heterocycles. The van der Waals surface area contributed by atoms with Crippen LogP contribution in [0.4, 0.5) is 11.4 Å². The van der Waals surface area contributed by atoms with Crippen LogP contribution in [0, 0.1) is 5.92 Å². The van der Waals surface area contributed by atoms with Gasteiger partial charge in [-0.1, -0.05) is 26.8 Å². The lowest BCUT2D eigenvalue weighted by atomic mass is 10.1. The van der Waals surface area contributed by atoms with E-state index in [0.29, 0.717) is 17.7 Å². The highest BCUT2D eigenvalue weighted by Crippen LogP contribution is 2.31. The highest BCUT2D eigenvalue weighted by molar-refractivity contribution is 7.87. The summed E-state index contributed by atoms with van der Waals surface area (Å²) < 4.78 is 32.2. The van der Waals surface area contributed by atoms with Gasteiger partial charge in [0.25, 0.3) is 0 Å². The number of carbonyl (C=O) groups is 2. The van der Waals surface area contributed by atoms with Crippen molar-refractivity contribution in [2.45, 2.75) is 78.8 Å². The quantitative estimate of drug-likeness (QED) is 0.346. The van der Waals surface area contributed by atoms with Gasteiger partial charge >= 0.3 is 10.1 Å². The van der Waals surface area contributed by atoms with Gasteiger partial charge in [-0.15, -0.1) is 0 Å². The predicted molar refractivity (Wildman–Crippen MR) is 148 cm³/mol. The van der Waals surface area contributed by atoms with E-state index in [4.69, 9.17) is 4.18 Å². The summed E-state index contributed by atoms with van der Waals surface area (Å²) in [6.45, 7) is 15.2. The Morgan fingerprint density at radius 3 is 2.11 bits per heavy atom. The van der Waals surface area contributed by atoms with E-state index in [0.717, 1.165) is 25.2 Å². The molecule has 2 rings (SSSR count). The number of rotatable bonds is 13. The van der Waals surface area contributed by atoms with Crippen LogP contribution in [0.3, 0.4) is 0 Å². The molecule has 0 saturated carbocycles. The van der Waals surface area contributed by atoms with Gasteiger partial charge in [0.15, 0.2) is 0 Å². The fourth-order valence-electron chi connectivity index (χ4n) is 3.97. The maximum absolute atomic E-state index is 13.3. The zero-order chi connectivity index (χ0) is 27.8. The number of nitrogens with zero attached hydrogens (tertiary/aromatic N) is 2. The maximum Gasteiger partial charge on any atom is 0.339 e. The fourth-order valence-corrected chi connectivity index (χ4v) is 4.93. The van der Waals surface area contributed by atoms with Gasteiger partial charge in [0, 0.05) is 62.0 Å². The van der Waals surface area contributed by atoms with Gasteiger partial charge in [-0.05, 0) is 63.4 Å². The molecule has 37 heavy (non-hydrogen) atoms. The molecule has 2 aromatic carbocycles. The zero-order valence-electron chi connectivity index (χ0n) is 23.1. The maximum atomic E-state index is 13.3. The molecule has 1 N–H and O–H groups in total. The number of anilines is 2. The Labute approximate surface area is 222 Å². The van der Waals surface area contributed by atoms with Crippen molar-refractivity contribution in [2.75, 3.05) is 23.3 Å². The number of nitrogens with one attached hydrogen (secondary N) is 1. The van der Waals surface area contributed by atoms with E-state index in [9.17, 15) is 18.0 Å². The van der Waals surface area contributed by atoms with Crippen LogP contribution in [0.2, 0.25) is 0 Å². The molecule has 0 radical (unpaired) electrons. The average molecular weight is 532 g/mol. The SMILES string of the molecule is CC[C@@H](C)N(Cc1ccc(N(CC)CC)cc1OS(=O)(=O)c1ccc(NC(C)=O)cc1)C(=O)CC(C)C. The van der Waals surface area contributed by atoms with E-state index in [-0.39, 0.29) is 41.0 Å². The lowest BCUT2D eigenvalue weighted by Gasteiger charge is -2.30. The molecule has 204 valence electrons. The number of amides is 2. The zero-order valence-corrected chi connectivity index (χ0v) is 23.9. The van der Waals surface area contributed by atoms with Gasteiger partial charge in [-0.25, -0.2) is 0 Å². The van der Waals surface area contributed by atoms with E-state index in [2.05, 4.69) is 10.2 Å². The van der Waals surface area contributed by atoms with E-state index in [1.165, 1.54) is 31.2 Å². The largest absolute Gasteiger partial charge is 0.379 e. The summed E-state index contributed by atoms with van der Waals surface area (Å²) in [5.74, 6) is 0.184. The summed E-state index contributed by atoms with van der Waals surface area (Å²) >= 11 is 0. The van der Waals surface area contributed by atoms with Crippen LogP contribution in [0.25, 0.3) is 0 Å². The predicted octanol–water partition coefficient (Wildman–Crippen LogP) is 5.43. The molecular formula is C28H41N3O5S. The molecule has 2 aromatic rings. The van der Waals surface area contributed by atoms with Gasteiger partial charge in [-0.2, -0.15) is 8.42 Å². The van der Waals surface area contributed by atoms with Crippen molar-refractivity contribution in [3.05, 3.63) is 48.0 Å². The van der Waals surface area contributed by atoms with E-state index >= 15 is 0 Å². The molecule has 0 aliphatic heterocycles. The Kier molecular flexibility index (Phi) is 11.0. The third-order valence-electron chi connectivity index (χ3n) is 6.21. The Bertz CT molecular complexity index is 1160. The van der Waals surface area contributed by atoms with Gasteiger partial charge < -0.3 is 19.3 Å². The van der Waals surface area contributed by atoms with Crippen molar-refractivity contribution >= 4 is 33.3 Å². The summed E-state index contributed by atoms with van der Waals surface area (Å²) in [5.41, 5.74) is 1.94. The number of carbonyl (C=O) groups excluding carboxylic acids is 2. The summed E-state index contributed by atoms with van der Waals surface area (Å²) in [7, 11) is -4.17. The standard InChI is InChI=1S/C28H41N3O5S/c1-8-21(6)31(28(33)17-20(4)5)19-23-11-14-25(30(9-2)10-3)18-27(23)36-37(34,35)26-15-12-24(13-16-26)29-22(7)32/h11-16,18,20-21H,8-10,17,19H2,1-7H3,(H,29,32)/t21-/m1/s1.